The van der Waals surface area contributed by atoms with Crippen molar-refractivity contribution in [1.82, 2.24) is 4.90 Å². The van der Waals surface area contributed by atoms with Gasteiger partial charge in [0.05, 0.1) is 3.79 Å². The number of likely N-dealkylation sites (N-methyl/N-ethyl adjacent to an activating group) is 1. The van der Waals surface area contributed by atoms with Gasteiger partial charge in [0.25, 0.3) is 0 Å². The SMILES string of the molecule is CCC(C(=O)O)N(C)C(=O)CCCc1ccc(Br)s1. The maximum absolute atomic E-state index is 11.9. The van der Waals surface area contributed by atoms with Crippen molar-refractivity contribution in [2.75, 3.05) is 7.05 Å². The van der Waals surface area contributed by atoms with Gasteiger partial charge in [-0.05, 0) is 47.3 Å². The molecule has 1 aromatic rings. The predicted molar refractivity (Wildman–Crippen MR) is 79.4 cm³/mol. The summed E-state index contributed by atoms with van der Waals surface area (Å²) in [6.07, 6.45) is 2.40. The Morgan fingerprint density at radius 1 is 1.47 bits per heavy atom. The van der Waals surface area contributed by atoms with Crippen LogP contribution in [0.1, 0.15) is 31.1 Å². The number of nitrogens with zero attached hydrogens (tertiary/aromatic N) is 1. The Balaban J connectivity index is 2.40. The van der Waals surface area contributed by atoms with Crippen LogP contribution in [0.2, 0.25) is 0 Å². The Morgan fingerprint density at radius 3 is 2.63 bits per heavy atom. The fourth-order valence-corrected chi connectivity index (χ4v) is 3.39. The minimum atomic E-state index is -0.944. The van der Waals surface area contributed by atoms with E-state index in [4.69, 9.17) is 5.11 Å². The molecule has 106 valence electrons. The molecule has 1 unspecified atom stereocenters. The van der Waals surface area contributed by atoms with Gasteiger partial charge < -0.3 is 10.0 Å². The maximum Gasteiger partial charge on any atom is 0.326 e. The molecule has 0 radical (unpaired) electrons. The molecule has 1 atom stereocenters. The molecule has 0 bridgehead atoms. The number of aryl methyl sites for hydroxylation is 1. The molecule has 1 rings (SSSR count). The number of rotatable bonds is 7. The van der Waals surface area contributed by atoms with Crippen LogP contribution in [0.5, 0.6) is 0 Å². The number of thiophene rings is 1. The number of hydrogen-bond donors (Lipinski definition) is 1. The van der Waals surface area contributed by atoms with Crippen molar-refractivity contribution in [3.05, 3.63) is 20.8 Å². The van der Waals surface area contributed by atoms with Crippen LogP contribution in [0.3, 0.4) is 0 Å². The summed E-state index contributed by atoms with van der Waals surface area (Å²) in [4.78, 5) is 25.4. The molecular weight excluding hydrogens is 330 g/mol. The van der Waals surface area contributed by atoms with E-state index in [1.807, 2.05) is 12.1 Å². The molecule has 0 aliphatic carbocycles. The highest BCUT2D eigenvalue weighted by atomic mass is 79.9. The van der Waals surface area contributed by atoms with Crippen LogP contribution in [0.25, 0.3) is 0 Å². The van der Waals surface area contributed by atoms with E-state index in [2.05, 4.69) is 15.9 Å². The summed E-state index contributed by atoms with van der Waals surface area (Å²) in [5, 5.41) is 9.00. The van der Waals surface area contributed by atoms with Gasteiger partial charge >= 0.3 is 5.97 Å². The predicted octanol–water partition coefficient (Wildman–Crippen LogP) is 3.15. The lowest BCUT2D eigenvalue weighted by Crippen LogP contribution is -2.41. The van der Waals surface area contributed by atoms with E-state index in [0.29, 0.717) is 12.8 Å². The highest BCUT2D eigenvalue weighted by Crippen LogP contribution is 2.23. The summed E-state index contributed by atoms with van der Waals surface area (Å²) in [6.45, 7) is 1.77. The first-order valence-corrected chi connectivity index (χ1v) is 7.79. The Kier molecular flexibility index (Phi) is 6.51. The van der Waals surface area contributed by atoms with Gasteiger partial charge in [-0.15, -0.1) is 11.3 Å². The Morgan fingerprint density at radius 2 is 2.16 bits per heavy atom. The zero-order valence-electron chi connectivity index (χ0n) is 11.1. The summed E-state index contributed by atoms with van der Waals surface area (Å²) in [5.41, 5.74) is 0. The third kappa shape index (κ3) is 4.95. The molecule has 1 N–H and O–H groups in total. The van der Waals surface area contributed by atoms with E-state index >= 15 is 0 Å². The second-order valence-electron chi connectivity index (χ2n) is 4.33. The number of carbonyl (C=O) groups excluding carboxylic acids is 1. The van der Waals surface area contributed by atoms with E-state index in [-0.39, 0.29) is 5.91 Å². The number of carboxylic acid groups (broad SMARTS) is 1. The molecule has 0 saturated heterocycles. The molecular formula is C13H18BrNO3S. The Labute approximate surface area is 125 Å². The third-order valence-electron chi connectivity index (χ3n) is 2.98. The summed E-state index contributed by atoms with van der Waals surface area (Å²) in [7, 11) is 1.56. The van der Waals surface area contributed by atoms with Gasteiger partial charge in [-0.1, -0.05) is 6.92 Å². The fraction of sp³-hybridized carbons (Fsp3) is 0.538. The van der Waals surface area contributed by atoms with Crippen LogP contribution in [0.15, 0.2) is 15.9 Å². The number of hydrogen-bond acceptors (Lipinski definition) is 3. The van der Waals surface area contributed by atoms with E-state index in [1.165, 1.54) is 9.78 Å². The zero-order valence-corrected chi connectivity index (χ0v) is 13.5. The van der Waals surface area contributed by atoms with Crippen molar-refractivity contribution in [3.63, 3.8) is 0 Å². The van der Waals surface area contributed by atoms with Gasteiger partial charge in [0.2, 0.25) is 5.91 Å². The van der Waals surface area contributed by atoms with Gasteiger partial charge in [0.15, 0.2) is 0 Å². The van der Waals surface area contributed by atoms with Crippen LogP contribution >= 0.6 is 27.3 Å². The first-order valence-electron chi connectivity index (χ1n) is 6.18. The van der Waals surface area contributed by atoms with Crippen molar-refractivity contribution in [2.45, 2.75) is 38.6 Å². The summed E-state index contributed by atoms with van der Waals surface area (Å²) < 4.78 is 1.09. The van der Waals surface area contributed by atoms with E-state index in [1.54, 1.807) is 25.3 Å². The normalized spacial score (nSPS) is 12.2. The topological polar surface area (TPSA) is 57.6 Å². The molecule has 6 heteroatoms. The number of amides is 1. The molecule has 19 heavy (non-hydrogen) atoms. The van der Waals surface area contributed by atoms with Crippen LogP contribution in [-0.4, -0.2) is 35.0 Å². The smallest absolute Gasteiger partial charge is 0.326 e. The molecule has 1 aromatic heterocycles. The number of carbonyl (C=O) groups is 2. The molecule has 1 amide bonds. The molecule has 1 heterocycles. The fourth-order valence-electron chi connectivity index (χ4n) is 1.86. The quantitative estimate of drug-likeness (QED) is 0.824. The van der Waals surface area contributed by atoms with Gasteiger partial charge in [-0.3, -0.25) is 4.79 Å². The summed E-state index contributed by atoms with van der Waals surface area (Å²) in [6, 6.07) is 3.31. The number of carboxylic acids is 1. The highest BCUT2D eigenvalue weighted by Gasteiger charge is 2.24. The molecule has 0 saturated carbocycles. The summed E-state index contributed by atoms with van der Waals surface area (Å²) >= 11 is 5.06. The number of halogens is 1. The number of aliphatic carboxylic acids is 1. The van der Waals surface area contributed by atoms with Gasteiger partial charge in [0.1, 0.15) is 6.04 Å². The third-order valence-corrected chi connectivity index (χ3v) is 4.66. The van der Waals surface area contributed by atoms with Gasteiger partial charge in [-0.25, -0.2) is 4.79 Å². The van der Waals surface area contributed by atoms with Gasteiger partial charge in [0, 0.05) is 18.3 Å². The highest BCUT2D eigenvalue weighted by molar-refractivity contribution is 9.11. The van der Waals surface area contributed by atoms with Gasteiger partial charge in [-0.2, -0.15) is 0 Å². The van der Waals surface area contributed by atoms with E-state index < -0.39 is 12.0 Å². The molecule has 0 spiro atoms. The molecule has 0 aliphatic rings. The lowest BCUT2D eigenvalue weighted by Gasteiger charge is -2.23. The average molecular weight is 348 g/mol. The van der Waals surface area contributed by atoms with Crippen molar-refractivity contribution in [2.24, 2.45) is 0 Å². The van der Waals surface area contributed by atoms with E-state index in [9.17, 15) is 9.59 Å². The average Bonchev–Trinajstić information content (AvgIpc) is 2.75. The zero-order chi connectivity index (χ0) is 14.4. The van der Waals surface area contributed by atoms with Crippen molar-refractivity contribution in [3.8, 4) is 0 Å². The van der Waals surface area contributed by atoms with Crippen LogP contribution in [0, 0.1) is 0 Å². The molecule has 0 aliphatic heterocycles. The van der Waals surface area contributed by atoms with Crippen molar-refractivity contribution < 1.29 is 14.7 Å². The maximum atomic E-state index is 11.9. The standard InChI is InChI=1S/C13H18BrNO3S/c1-3-10(13(17)18)15(2)12(16)6-4-5-9-7-8-11(14)19-9/h7-8,10H,3-6H2,1-2H3,(H,17,18). The molecule has 0 aromatic carbocycles. The first-order chi connectivity index (χ1) is 8.95. The van der Waals surface area contributed by atoms with Crippen molar-refractivity contribution in [1.29, 1.82) is 0 Å². The van der Waals surface area contributed by atoms with Crippen molar-refractivity contribution >= 4 is 39.1 Å². The van der Waals surface area contributed by atoms with Crippen LogP contribution in [-0.2, 0) is 16.0 Å². The van der Waals surface area contributed by atoms with E-state index in [0.717, 1.165) is 16.6 Å². The minimum absolute atomic E-state index is 0.107. The first kappa shape index (κ1) is 16.2. The second-order valence-corrected chi connectivity index (χ2v) is 6.87. The molecule has 4 nitrogen and oxygen atoms in total. The minimum Gasteiger partial charge on any atom is -0.480 e. The second kappa shape index (κ2) is 7.65. The Bertz CT molecular complexity index is 447. The largest absolute Gasteiger partial charge is 0.480 e. The monoisotopic (exact) mass is 347 g/mol. The Hall–Kier alpha value is -0.880. The summed E-state index contributed by atoms with van der Waals surface area (Å²) in [5.74, 6) is -1.05. The lowest BCUT2D eigenvalue weighted by atomic mass is 10.1. The lowest BCUT2D eigenvalue weighted by molar-refractivity contribution is -0.149. The molecule has 0 fully saturated rings. The van der Waals surface area contributed by atoms with Crippen LogP contribution in [0.4, 0.5) is 0 Å². The van der Waals surface area contributed by atoms with Crippen LogP contribution < -0.4 is 0 Å².